The van der Waals surface area contributed by atoms with Gasteiger partial charge in [-0.1, -0.05) is 0 Å². The number of likely N-dealkylation sites (N-methyl/N-ethyl adjacent to an activating group) is 1. The third-order valence-electron chi connectivity index (χ3n) is 4.12. The Kier molecular flexibility index (Phi) is 7.13. The Morgan fingerprint density at radius 2 is 1.73 bits per heavy atom. The van der Waals surface area contributed by atoms with Crippen LogP contribution in [0.5, 0.6) is 0 Å². The first kappa shape index (κ1) is 20.3. The first-order valence-corrected chi connectivity index (χ1v) is 10.2. The lowest BCUT2D eigenvalue weighted by Gasteiger charge is -2.31. The third-order valence-corrected chi connectivity index (χ3v) is 5.99. The topological polar surface area (TPSA) is 96.0 Å². The molecule has 0 aromatic heterocycles. The molecule has 0 saturated carbocycles. The van der Waals surface area contributed by atoms with Gasteiger partial charge >= 0.3 is 5.97 Å². The molecule has 1 amide bonds. The number of anilines is 1. The van der Waals surface area contributed by atoms with Gasteiger partial charge in [-0.25, -0.2) is 13.2 Å². The number of rotatable bonds is 7. The lowest BCUT2D eigenvalue weighted by Crippen LogP contribution is -2.47. The van der Waals surface area contributed by atoms with E-state index in [1.54, 1.807) is 31.2 Å². The maximum Gasteiger partial charge on any atom is 0.338 e. The van der Waals surface area contributed by atoms with Gasteiger partial charge in [0.2, 0.25) is 15.9 Å². The molecule has 1 heterocycles. The van der Waals surface area contributed by atoms with Crippen molar-refractivity contribution in [3.8, 4) is 0 Å². The fraction of sp³-hybridized carbons (Fsp3) is 0.529. The summed E-state index contributed by atoms with van der Waals surface area (Å²) in [5.41, 5.74) is 0.891. The molecule has 0 unspecified atom stereocenters. The summed E-state index contributed by atoms with van der Waals surface area (Å²) in [5.74, 6) is -1.03. The van der Waals surface area contributed by atoms with Crippen LogP contribution in [0.1, 0.15) is 23.7 Å². The second-order valence-electron chi connectivity index (χ2n) is 6.11. The number of carbonyl (C=O) groups is 2. The Morgan fingerprint density at radius 3 is 2.31 bits per heavy atom. The van der Waals surface area contributed by atoms with E-state index in [0.717, 1.165) is 0 Å². The molecule has 9 heteroatoms. The maximum atomic E-state index is 12.3. The van der Waals surface area contributed by atoms with E-state index in [-0.39, 0.29) is 18.1 Å². The average molecular weight is 383 g/mol. The van der Waals surface area contributed by atoms with E-state index in [1.165, 1.54) is 4.31 Å². The van der Waals surface area contributed by atoms with Crippen molar-refractivity contribution in [2.45, 2.75) is 13.3 Å². The minimum absolute atomic E-state index is 0.117. The summed E-state index contributed by atoms with van der Waals surface area (Å²) < 4.78 is 30.9. The molecule has 1 aliphatic rings. The molecule has 1 N–H and O–H groups in total. The van der Waals surface area contributed by atoms with Crippen molar-refractivity contribution in [1.82, 2.24) is 9.21 Å². The van der Waals surface area contributed by atoms with Crippen molar-refractivity contribution in [3.63, 3.8) is 0 Å². The number of nitrogens with zero attached hydrogens (tertiary/aromatic N) is 2. The molecule has 1 aromatic rings. The quantitative estimate of drug-likeness (QED) is 0.699. The standard InChI is InChI=1S/C17H25N3O5S/c1-3-25-17(22)14-4-6-15(7-5-14)18-16(21)8-13-26(23,24)20-11-9-19(2)10-12-20/h4-7H,3,8-13H2,1-2H3,(H,18,21). The molecule has 1 aliphatic heterocycles. The van der Waals surface area contributed by atoms with Gasteiger partial charge in [-0.05, 0) is 38.2 Å². The summed E-state index contributed by atoms with van der Waals surface area (Å²) in [5, 5.41) is 2.64. The smallest absolute Gasteiger partial charge is 0.338 e. The summed E-state index contributed by atoms with van der Waals surface area (Å²) in [6, 6.07) is 6.27. The minimum Gasteiger partial charge on any atom is -0.462 e. The average Bonchev–Trinajstić information content (AvgIpc) is 2.61. The number of benzene rings is 1. The van der Waals surface area contributed by atoms with Crippen molar-refractivity contribution in [2.75, 3.05) is 50.9 Å². The number of hydrogen-bond donors (Lipinski definition) is 1. The van der Waals surface area contributed by atoms with Gasteiger partial charge in [0, 0.05) is 38.3 Å². The summed E-state index contributed by atoms with van der Waals surface area (Å²) in [4.78, 5) is 25.7. The van der Waals surface area contributed by atoms with Crippen LogP contribution in [0, 0.1) is 0 Å². The van der Waals surface area contributed by atoms with Crippen molar-refractivity contribution in [2.24, 2.45) is 0 Å². The Labute approximate surface area is 154 Å². The predicted octanol–water partition coefficient (Wildman–Crippen LogP) is 0.769. The number of amides is 1. The Balaban J connectivity index is 1.84. The van der Waals surface area contributed by atoms with Crippen LogP contribution in [0.2, 0.25) is 0 Å². The molecule has 8 nitrogen and oxygen atoms in total. The molecule has 0 spiro atoms. The fourth-order valence-electron chi connectivity index (χ4n) is 2.54. The van der Waals surface area contributed by atoms with Gasteiger partial charge in [-0.3, -0.25) is 4.79 Å². The molecular weight excluding hydrogens is 358 g/mol. The molecule has 26 heavy (non-hydrogen) atoms. The van der Waals surface area contributed by atoms with Crippen LogP contribution in [-0.4, -0.2) is 75.1 Å². The van der Waals surface area contributed by atoms with Gasteiger partial charge in [0.25, 0.3) is 0 Å². The van der Waals surface area contributed by atoms with Gasteiger partial charge < -0.3 is 15.0 Å². The molecule has 0 bridgehead atoms. The second kappa shape index (κ2) is 9.11. The Hall–Kier alpha value is -1.97. The zero-order valence-corrected chi connectivity index (χ0v) is 15.9. The molecule has 0 aliphatic carbocycles. The molecular formula is C17H25N3O5S. The number of esters is 1. The number of carbonyl (C=O) groups excluding carboxylic acids is 2. The summed E-state index contributed by atoms with van der Waals surface area (Å²) in [6.07, 6.45) is -0.117. The van der Waals surface area contributed by atoms with E-state index in [9.17, 15) is 18.0 Å². The molecule has 2 rings (SSSR count). The van der Waals surface area contributed by atoms with Gasteiger partial charge in [0.1, 0.15) is 0 Å². The lowest BCUT2D eigenvalue weighted by molar-refractivity contribution is -0.115. The highest BCUT2D eigenvalue weighted by Gasteiger charge is 2.26. The minimum atomic E-state index is -3.43. The highest BCUT2D eigenvalue weighted by molar-refractivity contribution is 7.89. The number of sulfonamides is 1. The zero-order valence-electron chi connectivity index (χ0n) is 15.1. The van der Waals surface area contributed by atoms with Crippen LogP contribution >= 0.6 is 0 Å². The first-order valence-electron chi connectivity index (χ1n) is 8.55. The predicted molar refractivity (Wildman–Crippen MR) is 98.5 cm³/mol. The fourth-order valence-corrected chi connectivity index (χ4v) is 3.97. The molecule has 144 valence electrons. The van der Waals surface area contributed by atoms with Crippen molar-refractivity contribution in [1.29, 1.82) is 0 Å². The number of hydrogen-bond acceptors (Lipinski definition) is 6. The van der Waals surface area contributed by atoms with E-state index in [4.69, 9.17) is 4.74 Å². The number of nitrogens with one attached hydrogen (secondary N) is 1. The maximum absolute atomic E-state index is 12.3. The Bertz CT molecular complexity index is 725. The largest absolute Gasteiger partial charge is 0.462 e. The molecule has 1 fully saturated rings. The number of ether oxygens (including phenoxy) is 1. The second-order valence-corrected chi connectivity index (χ2v) is 8.20. The van der Waals surface area contributed by atoms with Crippen LogP contribution in [-0.2, 0) is 19.6 Å². The van der Waals surface area contributed by atoms with Crippen LogP contribution in [0.15, 0.2) is 24.3 Å². The van der Waals surface area contributed by atoms with Gasteiger partial charge in [-0.15, -0.1) is 0 Å². The van der Waals surface area contributed by atoms with Crippen LogP contribution < -0.4 is 5.32 Å². The first-order chi connectivity index (χ1) is 12.3. The summed E-state index contributed by atoms with van der Waals surface area (Å²) >= 11 is 0. The number of piperazine rings is 1. The molecule has 1 aromatic carbocycles. The highest BCUT2D eigenvalue weighted by atomic mass is 32.2. The van der Waals surface area contributed by atoms with E-state index in [0.29, 0.717) is 44.0 Å². The van der Waals surface area contributed by atoms with Gasteiger partial charge in [0.05, 0.1) is 17.9 Å². The van der Waals surface area contributed by atoms with Gasteiger partial charge in [0.15, 0.2) is 0 Å². The van der Waals surface area contributed by atoms with Crippen molar-refractivity contribution < 1.29 is 22.7 Å². The monoisotopic (exact) mass is 383 g/mol. The molecule has 0 radical (unpaired) electrons. The summed E-state index contributed by atoms with van der Waals surface area (Å²) in [7, 11) is -1.48. The highest BCUT2D eigenvalue weighted by Crippen LogP contribution is 2.12. The lowest BCUT2D eigenvalue weighted by atomic mass is 10.2. The molecule has 0 atom stereocenters. The van der Waals surface area contributed by atoms with Crippen molar-refractivity contribution >= 4 is 27.6 Å². The third kappa shape index (κ3) is 5.79. The van der Waals surface area contributed by atoms with Crippen LogP contribution in [0.4, 0.5) is 5.69 Å². The van der Waals surface area contributed by atoms with Crippen LogP contribution in [0.3, 0.4) is 0 Å². The normalized spacial score (nSPS) is 16.2. The Morgan fingerprint density at radius 1 is 1.12 bits per heavy atom. The van der Waals surface area contributed by atoms with E-state index < -0.39 is 16.0 Å². The summed E-state index contributed by atoms with van der Waals surface area (Å²) in [6.45, 7) is 4.31. The van der Waals surface area contributed by atoms with E-state index in [1.807, 2.05) is 7.05 Å². The van der Waals surface area contributed by atoms with Gasteiger partial charge in [-0.2, -0.15) is 4.31 Å². The van der Waals surface area contributed by atoms with Crippen LogP contribution in [0.25, 0.3) is 0 Å². The SMILES string of the molecule is CCOC(=O)c1ccc(NC(=O)CCS(=O)(=O)N2CCN(C)CC2)cc1. The van der Waals surface area contributed by atoms with E-state index >= 15 is 0 Å². The zero-order chi connectivity index (χ0) is 19.2. The van der Waals surface area contributed by atoms with Crippen molar-refractivity contribution in [3.05, 3.63) is 29.8 Å². The molecule has 1 saturated heterocycles. The van der Waals surface area contributed by atoms with E-state index in [2.05, 4.69) is 10.2 Å².